The second-order valence-corrected chi connectivity index (χ2v) is 11.9. The highest BCUT2D eigenvalue weighted by Crippen LogP contribution is 2.36. The van der Waals surface area contributed by atoms with Gasteiger partial charge < -0.3 is 4.74 Å². The molecule has 1 fully saturated rings. The van der Waals surface area contributed by atoms with Crippen LogP contribution in [0.4, 0.5) is 17.6 Å². The second kappa shape index (κ2) is 16.3. The Hall–Kier alpha value is -2.66. The van der Waals surface area contributed by atoms with Gasteiger partial charge in [-0.05, 0) is 54.4 Å². The van der Waals surface area contributed by atoms with Crippen molar-refractivity contribution in [2.75, 3.05) is 6.61 Å². The zero-order valence-electron chi connectivity index (χ0n) is 25.3. The topological polar surface area (TPSA) is 9.23 Å². The SMILES string of the molecule is CCCCCCCCCc1ccc(-c2ccc(-c3ccc(C4CCC(CCCCC)OC4)c(F)c3F)cc2)c(F)c1F. The van der Waals surface area contributed by atoms with Crippen molar-refractivity contribution in [2.24, 2.45) is 0 Å². The first-order valence-corrected chi connectivity index (χ1v) is 16.1. The first kappa shape index (κ1) is 32.3. The first-order valence-electron chi connectivity index (χ1n) is 16.1. The molecule has 1 aliphatic rings. The van der Waals surface area contributed by atoms with Crippen LogP contribution in [0.25, 0.3) is 22.3 Å². The molecule has 1 nitrogen and oxygen atoms in total. The average molecular weight is 583 g/mol. The van der Waals surface area contributed by atoms with Crippen molar-refractivity contribution in [3.63, 3.8) is 0 Å². The second-order valence-electron chi connectivity index (χ2n) is 11.9. The van der Waals surface area contributed by atoms with Crippen molar-refractivity contribution < 1.29 is 22.3 Å². The van der Waals surface area contributed by atoms with Gasteiger partial charge in [0.25, 0.3) is 0 Å². The maximum atomic E-state index is 15.2. The zero-order valence-corrected chi connectivity index (χ0v) is 25.3. The van der Waals surface area contributed by atoms with Gasteiger partial charge in [-0.15, -0.1) is 0 Å². The van der Waals surface area contributed by atoms with E-state index in [4.69, 9.17) is 4.74 Å². The van der Waals surface area contributed by atoms with Gasteiger partial charge in [-0.3, -0.25) is 0 Å². The quantitative estimate of drug-likeness (QED) is 0.128. The van der Waals surface area contributed by atoms with Crippen LogP contribution >= 0.6 is 0 Å². The lowest BCUT2D eigenvalue weighted by atomic mass is 9.88. The van der Waals surface area contributed by atoms with Gasteiger partial charge in [0.1, 0.15) is 0 Å². The maximum absolute atomic E-state index is 15.2. The standard InChI is InChI=1S/C37H46F4O/c1-3-5-7-8-9-10-12-13-28-20-22-31(35(39)34(28)38)26-15-17-27(18-16-26)32-23-24-33(37(41)36(32)40)29-19-21-30(42-25-29)14-11-6-4-2/h15-18,20,22-24,29-30H,3-14,19,21,25H2,1-2H3. The van der Waals surface area contributed by atoms with Crippen molar-refractivity contribution >= 4 is 0 Å². The number of rotatable bonds is 15. The molecule has 2 atom stereocenters. The van der Waals surface area contributed by atoms with Crippen LogP contribution in [0.1, 0.15) is 114 Å². The highest BCUT2D eigenvalue weighted by Gasteiger charge is 2.27. The number of unbranched alkanes of at least 4 members (excludes halogenated alkanes) is 8. The summed E-state index contributed by atoms with van der Waals surface area (Å²) >= 11 is 0. The molecule has 3 aromatic rings. The highest BCUT2D eigenvalue weighted by atomic mass is 19.2. The monoisotopic (exact) mass is 582 g/mol. The molecule has 3 aromatic carbocycles. The Balaban J connectivity index is 1.38. The lowest BCUT2D eigenvalue weighted by Crippen LogP contribution is -2.25. The zero-order chi connectivity index (χ0) is 29.9. The molecule has 1 heterocycles. The first-order chi connectivity index (χ1) is 20.4. The molecule has 1 saturated heterocycles. The average Bonchev–Trinajstić information content (AvgIpc) is 3.01. The van der Waals surface area contributed by atoms with Crippen LogP contribution in [0.2, 0.25) is 0 Å². The van der Waals surface area contributed by atoms with Crippen molar-refractivity contribution in [2.45, 2.75) is 116 Å². The van der Waals surface area contributed by atoms with Crippen LogP contribution < -0.4 is 0 Å². The van der Waals surface area contributed by atoms with Crippen LogP contribution in [0.3, 0.4) is 0 Å². The molecule has 1 aliphatic heterocycles. The van der Waals surface area contributed by atoms with Gasteiger partial charge in [-0.2, -0.15) is 0 Å². The molecule has 0 saturated carbocycles. The molecule has 4 rings (SSSR count). The minimum atomic E-state index is -0.891. The summed E-state index contributed by atoms with van der Waals surface area (Å²) < 4.78 is 66.3. The molecule has 0 aliphatic carbocycles. The fourth-order valence-electron chi connectivity index (χ4n) is 6.11. The van der Waals surface area contributed by atoms with Gasteiger partial charge in [-0.25, -0.2) is 17.6 Å². The lowest BCUT2D eigenvalue weighted by Gasteiger charge is -2.29. The summed E-state index contributed by atoms with van der Waals surface area (Å²) in [5.74, 6) is -3.56. The minimum Gasteiger partial charge on any atom is -0.378 e. The Morgan fingerprint density at radius 2 is 1.17 bits per heavy atom. The number of aryl methyl sites for hydroxylation is 1. The summed E-state index contributed by atoms with van der Waals surface area (Å²) in [6.07, 6.45) is 14.7. The molecule has 2 unspecified atom stereocenters. The van der Waals surface area contributed by atoms with E-state index in [1.165, 1.54) is 32.1 Å². The Kier molecular flexibility index (Phi) is 12.5. The fraction of sp³-hybridized carbons (Fsp3) is 0.514. The summed E-state index contributed by atoms with van der Waals surface area (Å²) in [6, 6.07) is 13.0. The lowest BCUT2D eigenvalue weighted by molar-refractivity contribution is -0.00277. The van der Waals surface area contributed by atoms with E-state index in [0.717, 1.165) is 51.4 Å². The Morgan fingerprint density at radius 3 is 1.79 bits per heavy atom. The van der Waals surface area contributed by atoms with E-state index in [1.54, 1.807) is 48.5 Å². The smallest absolute Gasteiger partial charge is 0.166 e. The fourth-order valence-corrected chi connectivity index (χ4v) is 6.11. The molecule has 0 bridgehead atoms. The molecule has 42 heavy (non-hydrogen) atoms. The van der Waals surface area contributed by atoms with E-state index in [0.29, 0.717) is 35.3 Å². The largest absolute Gasteiger partial charge is 0.378 e. The Bertz CT molecular complexity index is 1260. The van der Waals surface area contributed by atoms with Gasteiger partial charge in [0, 0.05) is 17.0 Å². The summed E-state index contributed by atoms with van der Waals surface area (Å²) in [6.45, 7) is 4.76. The minimum absolute atomic E-state index is 0.147. The van der Waals surface area contributed by atoms with E-state index in [2.05, 4.69) is 13.8 Å². The van der Waals surface area contributed by atoms with Crippen molar-refractivity contribution in [3.05, 3.63) is 82.9 Å². The number of ether oxygens (including phenoxy) is 1. The summed E-state index contributed by atoms with van der Waals surface area (Å²) in [5, 5.41) is 0. The van der Waals surface area contributed by atoms with Crippen LogP contribution in [0.15, 0.2) is 48.5 Å². The van der Waals surface area contributed by atoms with Crippen LogP contribution in [0.5, 0.6) is 0 Å². The van der Waals surface area contributed by atoms with E-state index in [9.17, 15) is 4.39 Å². The molecule has 0 radical (unpaired) electrons. The van der Waals surface area contributed by atoms with E-state index >= 15 is 13.2 Å². The van der Waals surface area contributed by atoms with E-state index < -0.39 is 23.3 Å². The molecule has 0 N–H and O–H groups in total. The molecular formula is C37H46F4O. The predicted octanol–water partition coefficient (Wildman–Crippen LogP) is 11.7. The number of halogens is 4. The molecule has 0 amide bonds. The molecule has 228 valence electrons. The third kappa shape index (κ3) is 8.24. The van der Waals surface area contributed by atoms with E-state index in [-0.39, 0.29) is 23.1 Å². The van der Waals surface area contributed by atoms with Gasteiger partial charge in [0.15, 0.2) is 23.3 Å². The van der Waals surface area contributed by atoms with Crippen LogP contribution in [-0.4, -0.2) is 12.7 Å². The summed E-state index contributed by atoms with van der Waals surface area (Å²) in [4.78, 5) is 0. The summed E-state index contributed by atoms with van der Waals surface area (Å²) in [5.41, 5.74) is 2.03. The third-order valence-electron chi connectivity index (χ3n) is 8.77. The van der Waals surface area contributed by atoms with Crippen molar-refractivity contribution in [3.8, 4) is 22.3 Å². The van der Waals surface area contributed by atoms with Gasteiger partial charge in [0.2, 0.25) is 0 Å². The normalized spacial score (nSPS) is 17.1. The highest BCUT2D eigenvalue weighted by molar-refractivity contribution is 5.71. The Morgan fingerprint density at radius 1 is 0.595 bits per heavy atom. The van der Waals surface area contributed by atoms with E-state index in [1.807, 2.05) is 0 Å². The molecule has 5 heteroatoms. The van der Waals surface area contributed by atoms with Crippen molar-refractivity contribution in [1.29, 1.82) is 0 Å². The number of benzene rings is 3. The Labute approximate surface area is 249 Å². The molecular weight excluding hydrogens is 536 g/mol. The maximum Gasteiger partial charge on any atom is 0.166 e. The van der Waals surface area contributed by atoms with Gasteiger partial charge in [0.05, 0.1) is 12.7 Å². The summed E-state index contributed by atoms with van der Waals surface area (Å²) in [7, 11) is 0. The molecule has 0 aromatic heterocycles. The predicted molar refractivity (Wildman–Crippen MR) is 165 cm³/mol. The van der Waals surface area contributed by atoms with Crippen LogP contribution in [-0.2, 0) is 11.2 Å². The van der Waals surface area contributed by atoms with Gasteiger partial charge in [-0.1, -0.05) is 120 Å². The van der Waals surface area contributed by atoms with Gasteiger partial charge >= 0.3 is 0 Å². The van der Waals surface area contributed by atoms with Crippen LogP contribution in [0, 0.1) is 23.3 Å². The molecule has 0 spiro atoms. The van der Waals surface area contributed by atoms with Crippen molar-refractivity contribution in [1.82, 2.24) is 0 Å². The third-order valence-corrected chi connectivity index (χ3v) is 8.77. The number of hydrogen-bond donors (Lipinski definition) is 0. The number of hydrogen-bond acceptors (Lipinski definition) is 1.